The number of carbonyl (C=O) groups is 1. The molecule has 0 radical (unpaired) electrons. The first-order chi connectivity index (χ1) is 16.8. The highest BCUT2D eigenvalue weighted by molar-refractivity contribution is 6.36. The zero-order valence-electron chi connectivity index (χ0n) is 18.3. The maximum Gasteiger partial charge on any atom is 0.311 e. The molecule has 0 unspecified atom stereocenters. The van der Waals surface area contributed by atoms with Gasteiger partial charge in [-0.2, -0.15) is 0 Å². The molecule has 0 spiro atoms. The second kappa shape index (κ2) is 10.7. The number of pyridine rings is 1. The van der Waals surface area contributed by atoms with E-state index in [9.17, 15) is 14.9 Å². The molecule has 182 valence electrons. The zero-order chi connectivity index (χ0) is 24.9. The normalized spacial score (nSPS) is 13.5. The molecule has 4 rings (SSSR count). The summed E-state index contributed by atoms with van der Waals surface area (Å²) < 4.78 is 0. The van der Waals surface area contributed by atoms with Crippen LogP contribution in [0.25, 0.3) is 11.3 Å². The van der Waals surface area contributed by atoms with Gasteiger partial charge in [-0.25, -0.2) is 15.0 Å². The van der Waals surface area contributed by atoms with Gasteiger partial charge in [-0.3, -0.25) is 14.9 Å². The third-order valence-corrected chi connectivity index (χ3v) is 5.70. The number of aromatic nitrogens is 3. The van der Waals surface area contributed by atoms with Gasteiger partial charge in [0.05, 0.1) is 28.4 Å². The molecule has 5 N–H and O–H groups in total. The van der Waals surface area contributed by atoms with Crippen LogP contribution in [0.2, 0.25) is 10.0 Å². The number of hydrogen-bond donors (Lipinski definition) is 4. The highest BCUT2D eigenvalue weighted by Gasteiger charge is 2.25. The summed E-state index contributed by atoms with van der Waals surface area (Å²) in [5.41, 5.74) is 7.03. The second-order valence-electron chi connectivity index (χ2n) is 7.49. The smallest absolute Gasteiger partial charge is 0.311 e. The van der Waals surface area contributed by atoms with E-state index >= 15 is 0 Å². The van der Waals surface area contributed by atoms with Crippen molar-refractivity contribution in [2.45, 2.75) is 0 Å². The monoisotopic (exact) mass is 517 g/mol. The first-order valence-electron chi connectivity index (χ1n) is 10.6. The van der Waals surface area contributed by atoms with E-state index in [0.717, 1.165) is 0 Å². The van der Waals surface area contributed by atoms with Crippen LogP contribution in [-0.2, 0) is 4.79 Å². The fourth-order valence-electron chi connectivity index (χ4n) is 3.48. The third kappa shape index (κ3) is 5.67. The predicted octanol–water partition coefficient (Wildman–Crippen LogP) is 2.80. The van der Waals surface area contributed by atoms with E-state index in [1.54, 1.807) is 29.3 Å². The summed E-state index contributed by atoms with van der Waals surface area (Å²) in [6.07, 6.45) is 1.59. The summed E-state index contributed by atoms with van der Waals surface area (Å²) in [4.78, 5) is 37.4. The lowest BCUT2D eigenvalue weighted by atomic mass is 10.1. The predicted molar refractivity (Wildman–Crippen MR) is 135 cm³/mol. The van der Waals surface area contributed by atoms with Gasteiger partial charge in [0.2, 0.25) is 17.7 Å². The average molecular weight is 518 g/mol. The summed E-state index contributed by atoms with van der Waals surface area (Å²) in [6.45, 7) is 2.15. The van der Waals surface area contributed by atoms with Crippen molar-refractivity contribution in [2.75, 3.05) is 54.0 Å². The van der Waals surface area contributed by atoms with Gasteiger partial charge in [-0.1, -0.05) is 23.2 Å². The molecule has 2 aromatic heterocycles. The SMILES string of the molecule is Nc1nc(NCCNc2ncc(N3CCNCC3=O)c(-c3ccc(Cl)cc3Cl)n2)ccc1[N+](=O)[O-]. The number of nitro groups is 1. The Labute approximate surface area is 210 Å². The van der Waals surface area contributed by atoms with Crippen molar-refractivity contribution in [1.29, 1.82) is 0 Å². The number of nitrogen functional groups attached to an aromatic ring is 1. The van der Waals surface area contributed by atoms with Crippen molar-refractivity contribution in [3.63, 3.8) is 0 Å². The molecule has 0 saturated carbocycles. The number of hydrogen-bond acceptors (Lipinski definition) is 10. The van der Waals surface area contributed by atoms with E-state index in [4.69, 9.17) is 28.9 Å². The minimum atomic E-state index is -0.590. The number of anilines is 4. The molecule has 0 atom stereocenters. The summed E-state index contributed by atoms with van der Waals surface area (Å²) in [5, 5.41) is 20.9. The van der Waals surface area contributed by atoms with Crippen molar-refractivity contribution in [2.24, 2.45) is 0 Å². The van der Waals surface area contributed by atoms with Crippen LogP contribution in [-0.4, -0.2) is 58.5 Å². The molecule has 14 heteroatoms. The molecule has 1 amide bonds. The van der Waals surface area contributed by atoms with Crippen LogP contribution in [0.5, 0.6) is 0 Å². The average Bonchev–Trinajstić information content (AvgIpc) is 2.82. The summed E-state index contributed by atoms with van der Waals surface area (Å²) >= 11 is 12.5. The van der Waals surface area contributed by atoms with Crippen LogP contribution < -0.4 is 26.6 Å². The number of nitrogens with zero attached hydrogens (tertiary/aromatic N) is 5. The van der Waals surface area contributed by atoms with Crippen molar-refractivity contribution in [3.05, 3.63) is 56.7 Å². The van der Waals surface area contributed by atoms with Crippen molar-refractivity contribution in [1.82, 2.24) is 20.3 Å². The van der Waals surface area contributed by atoms with E-state index < -0.39 is 4.92 Å². The molecular weight excluding hydrogens is 497 g/mol. The van der Waals surface area contributed by atoms with Gasteiger partial charge >= 0.3 is 5.69 Å². The minimum absolute atomic E-state index is 0.0917. The fraction of sp³-hybridized carbons (Fsp3) is 0.238. The Kier molecular flexibility index (Phi) is 7.44. The Morgan fingerprint density at radius 1 is 1.17 bits per heavy atom. The van der Waals surface area contributed by atoms with E-state index in [1.165, 1.54) is 12.1 Å². The molecule has 0 bridgehead atoms. The maximum absolute atomic E-state index is 12.5. The first kappa shape index (κ1) is 24.4. The van der Waals surface area contributed by atoms with E-state index in [-0.39, 0.29) is 24.0 Å². The van der Waals surface area contributed by atoms with Gasteiger partial charge in [-0.05, 0) is 24.3 Å². The minimum Gasteiger partial charge on any atom is -0.378 e. The standard InChI is InChI=1S/C21H21Cl2N9O3/c22-12-1-2-13(14(23)9-12)19-16(31-8-7-25-11-18(31)33)10-28-21(30-19)27-6-5-26-17-4-3-15(32(34)35)20(24)29-17/h1-4,9-10,25H,5-8,11H2,(H3,24,26,29)(H,27,28,30). The molecule has 1 fully saturated rings. The van der Waals surface area contributed by atoms with E-state index in [0.29, 0.717) is 64.9 Å². The van der Waals surface area contributed by atoms with Crippen molar-refractivity contribution in [3.8, 4) is 11.3 Å². The molecule has 35 heavy (non-hydrogen) atoms. The number of benzene rings is 1. The first-order valence-corrected chi connectivity index (χ1v) is 11.3. The van der Waals surface area contributed by atoms with Crippen molar-refractivity contribution < 1.29 is 9.72 Å². The number of piperazine rings is 1. The van der Waals surface area contributed by atoms with Gasteiger partial charge in [0.25, 0.3) is 0 Å². The van der Waals surface area contributed by atoms with Gasteiger partial charge in [0, 0.05) is 42.8 Å². The molecular formula is C21H21Cl2N9O3. The topological polar surface area (TPSA) is 164 Å². The molecule has 1 aliphatic heterocycles. The van der Waals surface area contributed by atoms with Crippen molar-refractivity contribution >= 4 is 58.1 Å². The Balaban J connectivity index is 1.51. The van der Waals surface area contributed by atoms with Crippen LogP contribution in [0, 0.1) is 10.1 Å². The lowest BCUT2D eigenvalue weighted by Crippen LogP contribution is -2.48. The van der Waals surface area contributed by atoms with Gasteiger partial charge in [0.1, 0.15) is 11.5 Å². The van der Waals surface area contributed by atoms with Crippen LogP contribution in [0.4, 0.5) is 29.0 Å². The number of halogens is 2. The van der Waals surface area contributed by atoms with E-state index in [1.807, 2.05) is 0 Å². The number of amides is 1. The molecule has 0 aliphatic carbocycles. The van der Waals surface area contributed by atoms with Gasteiger partial charge in [-0.15, -0.1) is 0 Å². The second-order valence-corrected chi connectivity index (χ2v) is 8.33. The Bertz CT molecular complexity index is 1270. The zero-order valence-corrected chi connectivity index (χ0v) is 19.8. The molecule has 3 aromatic rings. The van der Waals surface area contributed by atoms with Gasteiger partial charge < -0.3 is 26.6 Å². The van der Waals surface area contributed by atoms with Crippen LogP contribution in [0.3, 0.4) is 0 Å². The molecule has 1 aliphatic rings. The van der Waals surface area contributed by atoms with E-state index in [2.05, 4.69) is 30.9 Å². The van der Waals surface area contributed by atoms with Crippen LogP contribution >= 0.6 is 23.2 Å². The number of nitrogens with two attached hydrogens (primary N) is 1. The van der Waals surface area contributed by atoms with Crippen LogP contribution in [0.15, 0.2) is 36.5 Å². The maximum atomic E-state index is 12.5. The Morgan fingerprint density at radius 3 is 2.69 bits per heavy atom. The fourth-order valence-corrected chi connectivity index (χ4v) is 3.98. The Hall–Kier alpha value is -3.74. The highest BCUT2D eigenvalue weighted by atomic mass is 35.5. The van der Waals surface area contributed by atoms with Crippen LogP contribution in [0.1, 0.15) is 0 Å². The summed E-state index contributed by atoms with van der Waals surface area (Å²) in [6, 6.07) is 7.83. The molecule has 1 saturated heterocycles. The summed E-state index contributed by atoms with van der Waals surface area (Å²) in [7, 11) is 0. The molecule has 3 heterocycles. The molecule has 12 nitrogen and oxygen atoms in total. The number of nitrogens with one attached hydrogen (secondary N) is 3. The lowest BCUT2D eigenvalue weighted by Gasteiger charge is -2.28. The summed E-state index contributed by atoms with van der Waals surface area (Å²) in [5.74, 6) is 0.470. The Morgan fingerprint density at radius 2 is 1.97 bits per heavy atom. The number of carbonyl (C=O) groups excluding carboxylic acids is 1. The molecule has 1 aromatic carbocycles. The quantitative estimate of drug-likeness (QED) is 0.198. The third-order valence-electron chi connectivity index (χ3n) is 5.15. The number of rotatable bonds is 8. The van der Waals surface area contributed by atoms with Gasteiger partial charge in [0.15, 0.2) is 0 Å². The largest absolute Gasteiger partial charge is 0.378 e. The highest BCUT2D eigenvalue weighted by Crippen LogP contribution is 2.36. The lowest BCUT2D eigenvalue weighted by molar-refractivity contribution is -0.384.